The van der Waals surface area contributed by atoms with Crippen molar-refractivity contribution in [2.24, 2.45) is 5.92 Å². The summed E-state index contributed by atoms with van der Waals surface area (Å²) in [5.41, 5.74) is 0. The molecule has 2 fully saturated rings. The zero-order valence-electron chi connectivity index (χ0n) is 5.67. The van der Waals surface area contributed by atoms with Crippen LogP contribution in [-0.2, 0) is 9.47 Å². The molecule has 0 N–H and O–H groups in total. The fraction of sp³-hybridized carbons (Fsp3) is 1.00. The molecule has 3 atom stereocenters. The van der Waals surface area contributed by atoms with Crippen LogP contribution in [0.5, 0.6) is 0 Å². The van der Waals surface area contributed by atoms with E-state index in [9.17, 15) is 0 Å². The molecule has 2 saturated heterocycles. The summed E-state index contributed by atoms with van der Waals surface area (Å²) in [6, 6.07) is 0. The number of fused-ring (bicyclic) bond motifs is 1. The van der Waals surface area contributed by atoms with Crippen molar-refractivity contribution in [2.45, 2.75) is 25.6 Å². The number of rotatable bonds is 0. The molecule has 2 aliphatic rings. The second kappa shape index (κ2) is 1.96. The smallest absolute Gasteiger partial charge is 0.0884 e. The van der Waals surface area contributed by atoms with Crippen LogP contribution in [0.15, 0.2) is 0 Å². The Balaban J connectivity index is 2.07. The first-order valence-electron chi connectivity index (χ1n) is 3.61. The Kier molecular flexibility index (Phi) is 1.24. The molecule has 0 aromatic carbocycles. The van der Waals surface area contributed by atoms with Gasteiger partial charge in [0, 0.05) is 12.5 Å². The topological polar surface area (TPSA) is 18.5 Å². The van der Waals surface area contributed by atoms with Crippen molar-refractivity contribution in [3.63, 3.8) is 0 Å². The number of ether oxygens (including phenoxy) is 2. The maximum atomic E-state index is 5.46. The molecule has 0 aromatic rings. The highest BCUT2D eigenvalue weighted by Crippen LogP contribution is 2.29. The Morgan fingerprint density at radius 1 is 1.33 bits per heavy atom. The van der Waals surface area contributed by atoms with Gasteiger partial charge in [-0.05, 0) is 6.42 Å². The van der Waals surface area contributed by atoms with Gasteiger partial charge in [-0.15, -0.1) is 0 Å². The van der Waals surface area contributed by atoms with E-state index < -0.39 is 0 Å². The SMILES string of the molecule is C[C@H]1COC2CCOC21. The Morgan fingerprint density at radius 3 is 3.00 bits per heavy atom. The average molecular weight is 128 g/mol. The first kappa shape index (κ1) is 5.69. The van der Waals surface area contributed by atoms with Gasteiger partial charge in [-0.1, -0.05) is 6.92 Å². The van der Waals surface area contributed by atoms with Crippen molar-refractivity contribution in [1.82, 2.24) is 0 Å². The molecule has 2 heteroatoms. The van der Waals surface area contributed by atoms with Crippen molar-refractivity contribution >= 4 is 0 Å². The second-order valence-corrected chi connectivity index (χ2v) is 2.97. The van der Waals surface area contributed by atoms with E-state index in [-0.39, 0.29) is 0 Å². The van der Waals surface area contributed by atoms with E-state index in [1.54, 1.807) is 0 Å². The normalized spacial score (nSPS) is 49.7. The first-order valence-corrected chi connectivity index (χ1v) is 3.61. The standard InChI is InChI=1S/C7H12O2/c1-5-4-9-6-2-3-8-7(5)6/h5-7H,2-4H2,1H3/t5-,6?,7?/m0/s1. The van der Waals surface area contributed by atoms with Gasteiger partial charge in [0.25, 0.3) is 0 Å². The summed E-state index contributed by atoms with van der Waals surface area (Å²) in [6.07, 6.45) is 1.96. The van der Waals surface area contributed by atoms with Crippen LogP contribution in [0.3, 0.4) is 0 Å². The molecule has 2 heterocycles. The molecular formula is C7H12O2. The maximum Gasteiger partial charge on any atom is 0.0884 e. The number of hydrogen-bond donors (Lipinski definition) is 0. The van der Waals surface area contributed by atoms with Crippen molar-refractivity contribution < 1.29 is 9.47 Å². The lowest BCUT2D eigenvalue weighted by Crippen LogP contribution is -2.19. The quantitative estimate of drug-likeness (QED) is 0.480. The van der Waals surface area contributed by atoms with Gasteiger partial charge < -0.3 is 9.47 Å². The van der Waals surface area contributed by atoms with E-state index in [4.69, 9.17) is 9.47 Å². The third-order valence-corrected chi connectivity index (χ3v) is 2.21. The van der Waals surface area contributed by atoms with Gasteiger partial charge in [-0.25, -0.2) is 0 Å². The van der Waals surface area contributed by atoms with Gasteiger partial charge in [0.1, 0.15) is 0 Å². The second-order valence-electron chi connectivity index (χ2n) is 2.97. The van der Waals surface area contributed by atoms with Crippen LogP contribution in [-0.4, -0.2) is 25.4 Å². The molecule has 0 aromatic heterocycles. The highest BCUT2D eigenvalue weighted by Gasteiger charge is 2.38. The average Bonchev–Trinajstić information content (AvgIpc) is 2.35. The molecule has 0 radical (unpaired) electrons. The van der Waals surface area contributed by atoms with Crippen LogP contribution in [0.4, 0.5) is 0 Å². The molecule has 0 saturated carbocycles. The lowest BCUT2D eigenvalue weighted by Gasteiger charge is -2.08. The van der Waals surface area contributed by atoms with Crippen LogP contribution in [0.2, 0.25) is 0 Å². The molecule has 2 unspecified atom stereocenters. The van der Waals surface area contributed by atoms with Crippen LogP contribution < -0.4 is 0 Å². The predicted octanol–water partition coefficient (Wildman–Crippen LogP) is 0.810. The van der Waals surface area contributed by atoms with E-state index in [1.807, 2.05) is 0 Å². The maximum absolute atomic E-state index is 5.46. The van der Waals surface area contributed by atoms with E-state index in [0.29, 0.717) is 18.1 Å². The first-order chi connectivity index (χ1) is 4.38. The Hall–Kier alpha value is -0.0800. The minimum absolute atomic E-state index is 0.421. The summed E-state index contributed by atoms with van der Waals surface area (Å²) >= 11 is 0. The lowest BCUT2D eigenvalue weighted by molar-refractivity contribution is 0.0658. The molecule has 0 spiro atoms. The molecule has 2 aliphatic heterocycles. The summed E-state index contributed by atoms with van der Waals surface area (Å²) in [7, 11) is 0. The lowest BCUT2D eigenvalue weighted by atomic mass is 10.1. The monoisotopic (exact) mass is 128 g/mol. The van der Waals surface area contributed by atoms with Crippen LogP contribution in [0, 0.1) is 5.92 Å². The molecule has 0 bridgehead atoms. The van der Waals surface area contributed by atoms with Crippen molar-refractivity contribution in [2.75, 3.05) is 13.2 Å². The van der Waals surface area contributed by atoms with Crippen LogP contribution in [0.25, 0.3) is 0 Å². The predicted molar refractivity (Wildman–Crippen MR) is 33.3 cm³/mol. The van der Waals surface area contributed by atoms with Gasteiger partial charge in [-0.2, -0.15) is 0 Å². The minimum Gasteiger partial charge on any atom is -0.375 e. The van der Waals surface area contributed by atoms with Crippen LogP contribution in [0.1, 0.15) is 13.3 Å². The van der Waals surface area contributed by atoms with Crippen molar-refractivity contribution in [1.29, 1.82) is 0 Å². The Labute approximate surface area is 55.1 Å². The van der Waals surface area contributed by atoms with E-state index in [0.717, 1.165) is 19.6 Å². The van der Waals surface area contributed by atoms with E-state index >= 15 is 0 Å². The highest BCUT2D eigenvalue weighted by atomic mass is 16.6. The molecule has 2 rings (SSSR count). The van der Waals surface area contributed by atoms with Gasteiger partial charge in [0.15, 0.2) is 0 Å². The summed E-state index contributed by atoms with van der Waals surface area (Å²) < 4.78 is 10.9. The summed E-state index contributed by atoms with van der Waals surface area (Å²) in [5, 5.41) is 0. The van der Waals surface area contributed by atoms with Gasteiger partial charge in [-0.3, -0.25) is 0 Å². The Morgan fingerprint density at radius 2 is 2.22 bits per heavy atom. The fourth-order valence-corrected chi connectivity index (χ4v) is 1.67. The third-order valence-electron chi connectivity index (χ3n) is 2.21. The Bertz CT molecular complexity index is 113. The highest BCUT2D eigenvalue weighted by molar-refractivity contribution is 4.86. The summed E-state index contributed by atoms with van der Waals surface area (Å²) in [4.78, 5) is 0. The van der Waals surface area contributed by atoms with E-state index in [2.05, 4.69) is 6.92 Å². The molecule has 52 valence electrons. The fourth-order valence-electron chi connectivity index (χ4n) is 1.67. The summed E-state index contributed by atoms with van der Waals surface area (Å²) in [6.45, 7) is 3.99. The molecule has 0 aliphatic carbocycles. The molecule has 0 amide bonds. The van der Waals surface area contributed by atoms with Gasteiger partial charge >= 0.3 is 0 Å². The van der Waals surface area contributed by atoms with Gasteiger partial charge in [0.05, 0.1) is 18.8 Å². The third kappa shape index (κ3) is 0.775. The van der Waals surface area contributed by atoms with Crippen molar-refractivity contribution in [3.05, 3.63) is 0 Å². The molecule has 9 heavy (non-hydrogen) atoms. The zero-order valence-corrected chi connectivity index (χ0v) is 5.67. The summed E-state index contributed by atoms with van der Waals surface area (Å²) in [5.74, 6) is 0.623. The molecule has 2 nitrogen and oxygen atoms in total. The zero-order chi connectivity index (χ0) is 6.27. The molecular weight excluding hydrogens is 116 g/mol. The number of hydrogen-bond acceptors (Lipinski definition) is 2. The van der Waals surface area contributed by atoms with Crippen molar-refractivity contribution in [3.8, 4) is 0 Å². The van der Waals surface area contributed by atoms with Gasteiger partial charge in [0.2, 0.25) is 0 Å². The largest absolute Gasteiger partial charge is 0.375 e. The van der Waals surface area contributed by atoms with Crippen LogP contribution >= 0.6 is 0 Å². The van der Waals surface area contributed by atoms with E-state index in [1.165, 1.54) is 0 Å². The minimum atomic E-state index is 0.421.